The van der Waals surface area contributed by atoms with Crippen LogP contribution in [0.4, 0.5) is 0 Å². The Hall–Kier alpha value is -3.93. The molecule has 33 heavy (non-hydrogen) atoms. The molecule has 6 heteroatoms. The van der Waals surface area contributed by atoms with Crippen molar-refractivity contribution in [1.29, 1.82) is 0 Å². The SMILES string of the molecule is CCN(C(=O)COc1ccc(OC)cc1)[C@@H](c1ccc(OC)cc1)c1c[nH]c2ccccc12. The van der Waals surface area contributed by atoms with Crippen LogP contribution in [0.25, 0.3) is 10.9 Å². The number of aromatic amines is 1. The summed E-state index contributed by atoms with van der Waals surface area (Å²) < 4.78 is 16.3. The number of H-pyrrole nitrogens is 1. The number of methoxy groups -OCH3 is 2. The highest BCUT2D eigenvalue weighted by molar-refractivity contribution is 5.86. The average molecular weight is 445 g/mol. The Kier molecular flexibility index (Phi) is 6.83. The summed E-state index contributed by atoms with van der Waals surface area (Å²) in [6, 6.07) is 22.9. The van der Waals surface area contributed by atoms with Crippen LogP contribution >= 0.6 is 0 Å². The third kappa shape index (κ3) is 4.80. The third-order valence-electron chi connectivity index (χ3n) is 5.74. The highest BCUT2D eigenvalue weighted by Crippen LogP contribution is 2.34. The second kappa shape index (κ2) is 10.1. The van der Waals surface area contributed by atoms with Crippen molar-refractivity contribution in [2.45, 2.75) is 13.0 Å². The van der Waals surface area contributed by atoms with Gasteiger partial charge in [-0.25, -0.2) is 0 Å². The number of hydrogen-bond acceptors (Lipinski definition) is 4. The van der Waals surface area contributed by atoms with E-state index in [9.17, 15) is 4.79 Å². The van der Waals surface area contributed by atoms with Crippen molar-refractivity contribution < 1.29 is 19.0 Å². The van der Waals surface area contributed by atoms with Crippen LogP contribution in [0.5, 0.6) is 17.2 Å². The van der Waals surface area contributed by atoms with Crippen LogP contribution in [0.3, 0.4) is 0 Å². The summed E-state index contributed by atoms with van der Waals surface area (Å²) >= 11 is 0. The standard InChI is InChI=1S/C27H28N2O4/c1-4-29(26(30)18-33-22-15-13-21(32-3)14-16-22)27(19-9-11-20(31-2)12-10-19)24-17-28-25-8-6-5-7-23(24)25/h5-17,27-28H,4,18H2,1-3H3/t27-/m0/s1. The smallest absolute Gasteiger partial charge is 0.261 e. The number of rotatable bonds is 9. The quantitative estimate of drug-likeness (QED) is 0.385. The van der Waals surface area contributed by atoms with Gasteiger partial charge in [-0.3, -0.25) is 4.79 Å². The molecule has 6 nitrogen and oxygen atoms in total. The fourth-order valence-corrected chi connectivity index (χ4v) is 4.04. The average Bonchev–Trinajstić information content (AvgIpc) is 3.30. The van der Waals surface area contributed by atoms with E-state index >= 15 is 0 Å². The molecule has 4 rings (SSSR count). The Bertz CT molecular complexity index is 1200. The lowest BCUT2D eigenvalue weighted by molar-refractivity contribution is -0.134. The molecule has 1 aromatic heterocycles. The van der Waals surface area contributed by atoms with Crippen molar-refractivity contribution >= 4 is 16.8 Å². The van der Waals surface area contributed by atoms with E-state index in [0.29, 0.717) is 12.3 Å². The van der Waals surface area contributed by atoms with Gasteiger partial charge >= 0.3 is 0 Å². The summed E-state index contributed by atoms with van der Waals surface area (Å²) in [5.74, 6) is 2.03. The minimum Gasteiger partial charge on any atom is -0.497 e. The molecule has 1 atom stereocenters. The number of nitrogens with one attached hydrogen (secondary N) is 1. The minimum absolute atomic E-state index is 0.0603. The third-order valence-corrected chi connectivity index (χ3v) is 5.74. The predicted octanol–water partition coefficient (Wildman–Crippen LogP) is 5.20. The van der Waals surface area contributed by atoms with Crippen molar-refractivity contribution in [3.63, 3.8) is 0 Å². The number of aromatic nitrogens is 1. The van der Waals surface area contributed by atoms with Gasteiger partial charge in [0.2, 0.25) is 0 Å². The van der Waals surface area contributed by atoms with Crippen LogP contribution in [-0.4, -0.2) is 43.2 Å². The number of fused-ring (bicyclic) bond motifs is 1. The number of benzene rings is 3. The van der Waals surface area contributed by atoms with E-state index in [4.69, 9.17) is 14.2 Å². The molecule has 0 spiro atoms. The van der Waals surface area contributed by atoms with Crippen LogP contribution < -0.4 is 14.2 Å². The maximum absolute atomic E-state index is 13.4. The first-order valence-corrected chi connectivity index (χ1v) is 10.9. The fraction of sp³-hybridized carbons (Fsp3) is 0.222. The largest absolute Gasteiger partial charge is 0.497 e. The molecule has 0 radical (unpaired) electrons. The summed E-state index contributed by atoms with van der Waals surface area (Å²) in [6.07, 6.45) is 1.99. The molecular formula is C27H28N2O4. The Balaban J connectivity index is 1.65. The van der Waals surface area contributed by atoms with Crippen LogP contribution in [0.2, 0.25) is 0 Å². The highest BCUT2D eigenvalue weighted by Gasteiger charge is 2.28. The van der Waals surface area contributed by atoms with Gasteiger partial charge in [0.1, 0.15) is 17.2 Å². The molecule has 0 aliphatic carbocycles. The molecule has 3 aromatic carbocycles. The van der Waals surface area contributed by atoms with E-state index in [-0.39, 0.29) is 18.6 Å². The molecule has 0 saturated carbocycles. The van der Waals surface area contributed by atoms with E-state index in [2.05, 4.69) is 11.1 Å². The highest BCUT2D eigenvalue weighted by atomic mass is 16.5. The van der Waals surface area contributed by atoms with Gasteiger partial charge in [-0.2, -0.15) is 0 Å². The van der Waals surface area contributed by atoms with Crippen molar-refractivity contribution in [2.24, 2.45) is 0 Å². The second-order valence-electron chi connectivity index (χ2n) is 7.61. The van der Waals surface area contributed by atoms with Crippen molar-refractivity contribution in [3.8, 4) is 17.2 Å². The van der Waals surface area contributed by atoms with Crippen LogP contribution in [-0.2, 0) is 4.79 Å². The van der Waals surface area contributed by atoms with Crippen molar-refractivity contribution in [3.05, 3.63) is 90.1 Å². The van der Waals surface area contributed by atoms with Crippen LogP contribution in [0.1, 0.15) is 24.1 Å². The van der Waals surface area contributed by atoms with E-state index in [1.165, 1.54) is 0 Å². The lowest BCUT2D eigenvalue weighted by atomic mass is 9.96. The lowest BCUT2D eigenvalue weighted by Gasteiger charge is -2.31. The molecule has 0 unspecified atom stereocenters. The Morgan fingerprint density at radius 3 is 2.12 bits per heavy atom. The monoisotopic (exact) mass is 444 g/mol. The Labute approximate surface area is 193 Å². The molecule has 0 bridgehead atoms. The summed E-state index contributed by atoms with van der Waals surface area (Å²) in [5.41, 5.74) is 3.07. The first kappa shape index (κ1) is 22.3. The van der Waals surface area contributed by atoms with Crippen molar-refractivity contribution in [1.82, 2.24) is 9.88 Å². The lowest BCUT2D eigenvalue weighted by Crippen LogP contribution is -2.38. The number of amides is 1. The number of likely N-dealkylation sites (N-methyl/N-ethyl adjacent to an activating group) is 1. The topological polar surface area (TPSA) is 63.8 Å². The zero-order valence-corrected chi connectivity index (χ0v) is 19.1. The number of carbonyl (C=O) groups excluding carboxylic acids is 1. The molecular weight excluding hydrogens is 416 g/mol. The molecule has 0 aliphatic rings. The Morgan fingerprint density at radius 1 is 0.879 bits per heavy atom. The van der Waals surface area contributed by atoms with Gasteiger partial charge in [-0.15, -0.1) is 0 Å². The molecule has 1 N–H and O–H groups in total. The number of para-hydroxylation sites is 1. The zero-order valence-electron chi connectivity index (χ0n) is 19.1. The van der Waals surface area contributed by atoms with Gasteiger partial charge in [0.25, 0.3) is 5.91 Å². The normalized spacial score (nSPS) is 11.7. The van der Waals surface area contributed by atoms with Crippen LogP contribution in [0.15, 0.2) is 79.0 Å². The molecule has 4 aromatic rings. The summed E-state index contributed by atoms with van der Waals surface area (Å²) in [5, 5.41) is 1.08. The molecule has 1 amide bonds. The second-order valence-corrected chi connectivity index (χ2v) is 7.61. The van der Waals surface area contributed by atoms with Gasteiger partial charge in [0, 0.05) is 29.2 Å². The number of carbonyl (C=O) groups is 1. The molecule has 0 fully saturated rings. The van der Waals surface area contributed by atoms with Gasteiger partial charge < -0.3 is 24.1 Å². The molecule has 170 valence electrons. The predicted molar refractivity (Wildman–Crippen MR) is 129 cm³/mol. The zero-order chi connectivity index (χ0) is 23.2. The van der Waals surface area contributed by atoms with Crippen molar-refractivity contribution in [2.75, 3.05) is 27.4 Å². The maximum Gasteiger partial charge on any atom is 0.261 e. The first-order valence-electron chi connectivity index (χ1n) is 10.9. The van der Waals surface area contributed by atoms with E-state index < -0.39 is 0 Å². The molecule has 0 aliphatic heterocycles. The van der Waals surface area contributed by atoms with Crippen LogP contribution in [0, 0.1) is 0 Å². The molecule has 0 saturated heterocycles. The van der Waals surface area contributed by atoms with E-state index in [1.807, 2.05) is 72.6 Å². The van der Waals surface area contributed by atoms with Gasteiger partial charge in [0.15, 0.2) is 6.61 Å². The van der Waals surface area contributed by atoms with Gasteiger partial charge in [-0.1, -0.05) is 30.3 Å². The van der Waals surface area contributed by atoms with Gasteiger partial charge in [-0.05, 0) is 55.0 Å². The van der Waals surface area contributed by atoms with Gasteiger partial charge in [0.05, 0.1) is 20.3 Å². The number of hydrogen-bond donors (Lipinski definition) is 1. The Morgan fingerprint density at radius 2 is 1.48 bits per heavy atom. The summed E-state index contributed by atoms with van der Waals surface area (Å²) in [7, 11) is 3.26. The number of nitrogens with zero attached hydrogens (tertiary/aromatic N) is 1. The van der Waals surface area contributed by atoms with E-state index in [1.54, 1.807) is 26.4 Å². The summed E-state index contributed by atoms with van der Waals surface area (Å²) in [4.78, 5) is 18.6. The summed E-state index contributed by atoms with van der Waals surface area (Å²) in [6.45, 7) is 2.45. The number of ether oxygens (including phenoxy) is 3. The molecule has 1 heterocycles. The van der Waals surface area contributed by atoms with E-state index in [0.717, 1.165) is 33.5 Å². The first-order chi connectivity index (χ1) is 16.1. The maximum atomic E-state index is 13.4. The fourth-order valence-electron chi connectivity index (χ4n) is 4.04. The minimum atomic E-state index is -0.274.